The molecule has 0 aromatic heterocycles. The molecule has 2 aliphatic heterocycles. The molecule has 1 saturated heterocycles. The highest BCUT2D eigenvalue weighted by Crippen LogP contribution is 2.27. The lowest BCUT2D eigenvalue weighted by Gasteiger charge is -2.40. The standard InChI is InChI=1S/C20H23ClN2O2S/c21-18-5-7-20(8-6-18)26(24,25)23-13-10-19(11-14-23)22-12-9-16-3-1-2-4-17(16)15-22/h1-8,19H,9-15H2. The van der Waals surface area contributed by atoms with Gasteiger partial charge < -0.3 is 0 Å². The third-order valence-corrected chi connectivity index (χ3v) is 7.72. The third kappa shape index (κ3) is 3.54. The van der Waals surface area contributed by atoms with E-state index in [9.17, 15) is 8.42 Å². The number of hydrogen-bond acceptors (Lipinski definition) is 3. The summed E-state index contributed by atoms with van der Waals surface area (Å²) < 4.78 is 27.2. The summed E-state index contributed by atoms with van der Waals surface area (Å²) in [6.07, 6.45) is 2.85. The molecular formula is C20H23ClN2O2S. The van der Waals surface area contributed by atoms with E-state index >= 15 is 0 Å². The van der Waals surface area contributed by atoms with Crippen LogP contribution in [-0.4, -0.2) is 43.3 Å². The number of benzene rings is 2. The molecule has 26 heavy (non-hydrogen) atoms. The fraction of sp³-hybridized carbons (Fsp3) is 0.400. The van der Waals surface area contributed by atoms with Crippen LogP contribution in [0.25, 0.3) is 0 Å². The summed E-state index contributed by atoms with van der Waals surface area (Å²) in [4.78, 5) is 2.85. The lowest BCUT2D eigenvalue weighted by molar-refractivity contribution is 0.126. The third-order valence-electron chi connectivity index (χ3n) is 5.55. The van der Waals surface area contributed by atoms with Gasteiger partial charge in [0.2, 0.25) is 10.0 Å². The van der Waals surface area contributed by atoms with Crippen molar-refractivity contribution in [2.24, 2.45) is 0 Å². The van der Waals surface area contributed by atoms with E-state index in [1.807, 2.05) is 0 Å². The second-order valence-electron chi connectivity index (χ2n) is 7.08. The van der Waals surface area contributed by atoms with E-state index in [0.29, 0.717) is 29.0 Å². The molecule has 2 heterocycles. The molecule has 4 nitrogen and oxygen atoms in total. The van der Waals surface area contributed by atoms with Crippen LogP contribution in [0.15, 0.2) is 53.4 Å². The van der Waals surface area contributed by atoms with Gasteiger partial charge in [-0.2, -0.15) is 4.31 Å². The van der Waals surface area contributed by atoms with Gasteiger partial charge in [0.05, 0.1) is 4.90 Å². The van der Waals surface area contributed by atoms with Crippen LogP contribution in [0.3, 0.4) is 0 Å². The molecule has 0 atom stereocenters. The smallest absolute Gasteiger partial charge is 0.243 e. The number of rotatable bonds is 3. The molecule has 2 aromatic carbocycles. The lowest BCUT2D eigenvalue weighted by atomic mass is 9.96. The van der Waals surface area contributed by atoms with Crippen LogP contribution in [0.5, 0.6) is 0 Å². The van der Waals surface area contributed by atoms with Crippen LogP contribution in [0.2, 0.25) is 5.02 Å². The minimum Gasteiger partial charge on any atom is -0.296 e. The summed E-state index contributed by atoms with van der Waals surface area (Å²) >= 11 is 5.87. The molecule has 0 radical (unpaired) electrons. The van der Waals surface area contributed by atoms with Crippen molar-refractivity contribution < 1.29 is 8.42 Å². The molecule has 138 valence electrons. The first kappa shape index (κ1) is 18.0. The molecule has 1 fully saturated rings. The number of halogens is 1. The number of hydrogen-bond donors (Lipinski definition) is 0. The van der Waals surface area contributed by atoms with Gasteiger partial charge in [-0.15, -0.1) is 0 Å². The molecule has 0 amide bonds. The Balaban J connectivity index is 1.41. The normalized spacial score (nSPS) is 20.0. The van der Waals surface area contributed by atoms with Crippen molar-refractivity contribution in [3.8, 4) is 0 Å². The van der Waals surface area contributed by atoms with Crippen LogP contribution in [0.4, 0.5) is 0 Å². The van der Waals surface area contributed by atoms with Gasteiger partial charge in [-0.1, -0.05) is 35.9 Å². The maximum Gasteiger partial charge on any atom is 0.243 e. The molecule has 2 aromatic rings. The Hall–Kier alpha value is -1.40. The lowest BCUT2D eigenvalue weighted by Crippen LogP contribution is -2.48. The molecule has 2 aliphatic rings. The summed E-state index contributed by atoms with van der Waals surface area (Å²) in [6.45, 7) is 3.19. The monoisotopic (exact) mass is 390 g/mol. The van der Waals surface area contributed by atoms with E-state index in [1.54, 1.807) is 28.6 Å². The summed E-state index contributed by atoms with van der Waals surface area (Å²) in [7, 11) is -3.43. The maximum atomic E-state index is 12.8. The average molecular weight is 391 g/mol. The molecule has 4 rings (SSSR count). The zero-order chi connectivity index (χ0) is 18.1. The second-order valence-corrected chi connectivity index (χ2v) is 9.45. The van der Waals surface area contributed by atoms with Gasteiger partial charge >= 0.3 is 0 Å². The van der Waals surface area contributed by atoms with Crippen molar-refractivity contribution in [1.29, 1.82) is 0 Å². The molecule has 0 aliphatic carbocycles. The van der Waals surface area contributed by atoms with Crippen LogP contribution in [-0.2, 0) is 23.0 Å². The van der Waals surface area contributed by atoms with Crippen LogP contribution in [0.1, 0.15) is 24.0 Å². The van der Waals surface area contributed by atoms with Crippen LogP contribution in [0, 0.1) is 0 Å². The highest BCUT2D eigenvalue weighted by molar-refractivity contribution is 7.89. The Labute approximate surface area is 160 Å². The number of nitrogens with zero attached hydrogens (tertiary/aromatic N) is 2. The predicted molar refractivity (Wildman–Crippen MR) is 104 cm³/mol. The Kier molecular flexibility index (Phi) is 5.06. The van der Waals surface area contributed by atoms with E-state index in [0.717, 1.165) is 32.4 Å². The SMILES string of the molecule is O=S(=O)(c1ccc(Cl)cc1)N1CCC(N2CCc3ccccc3C2)CC1. The average Bonchev–Trinajstić information content (AvgIpc) is 2.68. The first-order chi connectivity index (χ1) is 12.5. The van der Waals surface area contributed by atoms with Gasteiger partial charge in [0.15, 0.2) is 0 Å². The van der Waals surface area contributed by atoms with Crippen molar-refractivity contribution >= 4 is 21.6 Å². The van der Waals surface area contributed by atoms with Crippen molar-refractivity contribution in [3.05, 3.63) is 64.7 Å². The predicted octanol–water partition coefficient (Wildman–Crippen LogP) is 3.55. The fourth-order valence-electron chi connectivity index (χ4n) is 4.03. The molecule has 0 saturated carbocycles. The van der Waals surface area contributed by atoms with Gasteiger partial charge in [0.25, 0.3) is 0 Å². The summed E-state index contributed by atoms with van der Waals surface area (Å²) in [5.74, 6) is 0. The Bertz CT molecular complexity index is 875. The Morgan fingerprint density at radius 2 is 1.54 bits per heavy atom. The minimum atomic E-state index is -3.43. The quantitative estimate of drug-likeness (QED) is 0.804. The van der Waals surface area contributed by atoms with Gasteiger partial charge in [0, 0.05) is 37.2 Å². The van der Waals surface area contributed by atoms with Crippen molar-refractivity contribution in [3.63, 3.8) is 0 Å². The number of piperidine rings is 1. The van der Waals surface area contributed by atoms with Gasteiger partial charge in [-0.25, -0.2) is 8.42 Å². The Morgan fingerprint density at radius 3 is 2.23 bits per heavy atom. The molecule has 0 N–H and O–H groups in total. The van der Waals surface area contributed by atoms with Crippen molar-refractivity contribution in [2.45, 2.75) is 36.7 Å². The Morgan fingerprint density at radius 1 is 0.885 bits per heavy atom. The highest BCUT2D eigenvalue weighted by Gasteiger charge is 2.32. The number of fused-ring (bicyclic) bond motifs is 1. The summed E-state index contributed by atoms with van der Waals surface area (Å²) in [5, 5.41) is 0.549. The molecule has 0 unspecified atom stereocenters. The number of sulfonamides is 1. The van der Waals surface area contributed by atoms with E-state index in [4.69, 9.17) is 11.6 Å². The fourth-order valence-corrected chi connectivity index (χ4v) is 5.63. The summed E-state index contributed by atoms with van der Waals surface area (Å²) in [6, 6.07) is 15.5. The van der Waals surface area contributed by atoms with Crippen molar-refractivity contribution in [1.82, 2.24) is 9.21 Å². The first-order valence-corrected chi connectivity index (χ1v) is 10.9. The van der Waals surface area contributed by atoms with Crippen LogP contribution < -0.4 is 0 Å². The van der Waals surface area contributed by atoms with Gasteiger partial charge in [0.1, 0.15) is 0 Å². The maximum absolute atomic E-state index is 12.8. The highest BCUT2D eigenvalue weighted by atomic mass is 35.5. The zero-order valence-corrected chi connectivity index (χ0v) is 16.2. The topological polar surface area (TPSA) is 40.6 Å². The summed E-state index contributed by atoms with van der Waals surface area (Å²) in [5.41, 5.74) is 2.86. The molecule has 0 spiro atoms. The molecule has 6 heteroatoms. The minimum absolute atomic E-state index is 0.326. The zero-order valence-electron chi connectivity index (χ0n) is 14.6. The molecule has 0 bridgehead atoms. The van der Waals surface area contributed by atoms with Gasteiger partial charge in [-0.05, 0) is 54.7 Å². The van der Waals surface area contributed by atoms with E-state index < -0.39 is 10.0 Å². The second kappa shape index (κ2) is 7.31. The van der Waals surface area contributed by atoms with Crippen molar-refractivity contribution in [2.75, 3.05) is 19.6 Å². The van der Waals surface area contributed by atoms with Crippen LogP contribution >= 0.6 is 11.6 Å². The van der Waals surface area contributed by atoms with Gasteiger partial charge in [-0.3, -0.25) is 4.90 Å². The van der Waals surface area contributed by atoms with E-state index in [-0.39, 0.29) is 0 Å². The van der Waals surface area contributed by atoms with E-state index in [1.165, 1.54) is 11.1 Å². The first-order valence-electron chi connectivity index (χ1n) is 9.10. The van der Waals surface area contributed by atoms with E-state index in [2.05, 4.69) is 29.2 Å². The largest absolute Gasteiger partial charge is 0.296 e. The molecular weight excluding hydrogens is 368 g/mol.